The van der Waals surface area contributed by atoms with Crippen LogP contribution >= 0.6 is 23.6 Å². The summed E-state index contributed by atoms with van der Waals surface area (Å²) in [5, 5.41) is 7.00. The molecule has 0 radical (unpaired) electrons. The molecule has 1 aliphatic rings. The predicted octanol–water partition coefficient (Wildman–Crippen LogP) is 4.73. The molecule has 1 amide bonds. The third-order valence-electron chi connectivity index (χ3n) is 5.72. The molecule has 36 heavy (non-hydrogen) atoms. The maximum atomic E-state index is 12.6. The number of amides is 1. The molecule has 1 heterocycles. The Kier molecular flexibility index (Phi) is 8.02. The summed E-state index contributed by atoms with van der Waals surface area (Å²) in [4.78, 5) is 25.9. The average Bonchev–Trinajstić information content (AvgIpc) is 3.03. The van der Waals surface area contributed by atoms with Crippen LogP contribution in [0.15, 0.2) is 59.5 Å². The number of aryl methyl sites for hydroxylation is 1. The highest BCUT2D eigenvalue weighted by Crippen LogP contribution is 2.38. The van der Waals surface area contributed by atoms with Crippen LogP contribution in [0.25, 0.3) is 0 Å². The van der Waals surface area contributed by atoms with Gasteiger partial charge < -0.3 is 15.4 Å². The van der Waals surface area contributed by atoms with E-state index in [0.717, 1.165) is 37.7 Å². The van der Waals surface area contributed by atoms with Crippen molar-refractivity contribution in [2.45, 2.75) is 37.0 Å². The van der Waals surface area contributed by atoms with Crippen molar-refractivity contribution in [3.05, 3.63) is 76.2 Å². The van der Waals surface area contributed by atoms with Gasteiger partial charge in [-0.25, -0.2) is 17.9 Å². The molecule has 1 aromatic heterocycles. The highest BCUT2D eigenvalue weighted by molar-refractivity contribution is 7.90. The van der Waals surface area contributed by atoms with E-state index in [1.165, 1.54) is 47.6 Å². The number of hydrogen-bond acceptors (Lipinski definition) is 7. The maximum absolute atomic E-state index is 12.6. The largest absolute Gasteiger partial charge is 0.465 e. The predicted molar refractivity (Wildman–Crippen MR) is 144 cm³/mol. The Balaban J connectivity index is 1.44. The number of benzene rings is 2. The van der Waals surface area contributed by atoms with Gasteiger partial charge in [-0.2, -0.15) is 0 Å². The van der Waals surface area contributed by atoms with E-state index < -0.39 is 21.9 Å². The molecular weight excluding hydrogens is 518 g/mol. The third-order valence-corrected chi connectivity index (χ3v) is 8.48. The van der Waals surface area contributed by atoms with Crippen LogP contribution < -0.4 is 15.4 Å². The number of hydrogen-bond donors (Lipinski definition) is 3. The van der Waals surface area contributed by atoms with E-state index in [4.69, 9.17) is 17.0 Å². The summed E-state index contributed by atoms with van der Waals surface area (Å²) in [7, 11) is -2.69. The zero-order chi connectivity index (χ0) is 25.7. The molecule has 8 nitrogen and oxygen atoms in total. The first kappa shape index (κ1) is 25.8. The van der Waals surface area contributed by atoms with Gasteiger partial charge in [0, 0.05) is 16.1 Å². The van der Waals surface area contributed by atoms with Crippen molar-refractivity contribution < 1.29 is 22.7 Å². The van der Waals surface area contributed by atoms with Gasteiger partial charge in [0.1, 0.15) is 5.00 Å². The Morgan fingerprint density at radius 3 is 2.33 bits per heavy atom. The molecule has 3 N–H and O–H groups in total. The molecule has 3 aromatic rings. The van der Waals surface area contributed by atoms with Crippen molar-refractivity contribution in [2.75, 3.05) is 17.7 Å². The first-order valence-electron chi connectivity index (χ1n) is 11.3. The second-order valence-corrected chi connectivity index (χ2v) is 11.4. The van der Waals surface area contributed by atoms with Gasteiger partial charge >= 0.3 is 5.97 Å². The zero-order valence-corrected chi connectivity index (χ0v) is 21.9. The fourth-order valence-electron chi connectivity index (χ4n) is 3.96. The minimum Gasteiger partial charge on any atom is -0.465 e. The number of sulfonamides is 1. The number of rotatable bonds is 6. The van der Waals surface area contributed by atoms with E-state index in [2.05, 4.69) is 15.4 Å². The minimum atomic E-state index is -4.05. The number of thiophene rings is 1. The second-order valence-electron chi connectivity index (χ2n) is 8.16. The highest BCUT2D eigenvalue weighted by atomic mass is 32.2. The summed E-state index contributed by atoms with van der Waals surface area (Å²) in [6.45, 7) is 0. The molecule has 0 atom stereocenters. The van der Waals surface area contributed by atoms with Gasteiger partial charge in [-0.05, 0) is 79.9 Å². The number of anilines is 2. The molecule has 0 bridgehead atoms. The summed E-state index contributed by atoms with van der Waals surface area (Å²) in [5.74, 6) is -1.11. The smallest absolute Gasteiger partial charge is 0.341 e. The molecule has 2 aromatic carbocycles. The van der Waals surface area contributed by atoms with Crippen LogP contribution in [0.1, 0.15) is 50.4 Å². The Morgan fingerprint density at radius 2 is 1.64 bits per heavy atom. The first-order chi connectivity index (χ1) is 17.3. The zero-order valence-electron chi connectivity index (χ0n) is 19.5. The van der Waals surface area contributed by atoms with E-state index in [1.807, 2.05) is 0 Å². The SMILES string of the molecule is COC(=O)c1c(NC(=S)Nc2ccc(S(=O)(=O)NC(=O)c3ccccc3)cc2)sc2c1CCCCC2. The van der Waals surface area contributed by atoms with Crippen molar-refractivity contribution in [3.63, 3.8) is 0 Å². The van der Waals surface area contributed by atoms with Crippen LogP contribution in [0.4, 0.5) is 10.7 Å². The number of esters is 1. The number of methoxy groups -OCH3 is 1. The van der Waals surface area contributed by atoms with Crippen LogP contribution in [0, 0.1) is 0 Å². The number of carbonyl (C=O) groups is 2. The van der Waals surface area contributed by atoms with Crippen molar-refractivity contribution in [2.24, 2.45) is 0 Å². The molecule has 188 valence electrons. The summed E-state index contributed by atoms with van der Waals surface area (Å²) < 4.78 is 32.3. The summed E-state index contributed by atoms with van der Waals surface area (Å²) in [6, 6.07) is 13.9. The third kappa shape index (κ3) is 5.92. The normalized spacial score (nSPS) is 13.1. The quantitative estimate of drug-likeness (QED) is 0.232. The van der Waals surface area contributed by atoms with Gasteiger partial charge in [-0.15, -0.1) is 11.3 Å². The first-order valence-corrected chi connectivity index (χ1v) is 14.0. The van der Waals surface area contributed by atoms with Gasteiger partial charge in [0.15, 0.2) is 5.11 Å². The molecule has 0 fully saturated rings. The van der Waals surface area contributed by atoms with Crippen molar-refractivity contribution >= 4 is 61.3 Å². The van der Waals surface area contributed by atoms with Crippen molar-refractivity contribution in [1.29, 1.82) is 0 Å². The molecule has 4 rings (SSSR count). The topological polar surface area (TPSA) is 114 Å². The van der Waals surface area contributed by atoms with E-state index in [9.17, 15) is 18.0 Å². The van der Waals surface area contributed by atoms with Crippen LogP contribution in [0.3, 0.4) is 0 Å². The Labute approximate surface area is 219 Å². The van der Waals surface area contributed by atoms with Crippen LogP contribution in [0.5, 0.6) is 0 Å². The Morgan fingerprint density at radius 1 is 0.944 bits per heavy atom. The van der Waals surface area contributed by atoms with E-state index in [-0.39, 0.29) is 15.6 Å². The average molecular weight is 544 g/mol. The van der Waals surface area contributed by atoms with Gasteiger partial charge in [0.25, 0.3) is 15.9 Å². The van der Waals surface area contributed by atoms with Gasteiger partial charge in [-0.1, -0.05) is 24.6 Å². The van der Waals surface area contributed by atoms with E-state index in [0.29, 0.717) is 16.3 Å². The van der Waals surface area contributed by atoms with Gasteiger partial charge in [-0.3, -0.25) is 4.79 Å². The van der Waals surface area contributed by atoms with Crippen molar-refractivity contribution in [3.8, 4) is 0 Å². The van der Waals surface area contributed by atoms with Gasteiger partial charge in [0.05, 0.1) is 17.6 Å². The number of nitrogens with one attached hydrogen (secondary N) is 3. The number of thiocarbonyl (C=S) groups is 1. The molecule has 0 aliphatic heterocycles. The minimum absolute atomic E-state index is 0.0637. The molecule has 0 spiro atoms. The highest BCUT2D eigenvalue weighted by Gasteiger charge is 2.26. The number of ether oxygens (including phenoxy) is 1. The van der Waals surface area contributed by atoms with Crippen LogP contribution in [-0.2, 0) is 27.6 Å². The molecule has 11 heteroatoms. The molecule has 1 aliphatic carbocycles. The monoisotopic (exact) mass is 543 g/mol. The fraction of sp³-hybridized carbons (Fsp3) is 0.240. The van der Waals surface area contributed by atoms with Crippen molar-refractivity contribution in [1.82, 2.24) is 4.72 Å². The maximum Gasteiger partial charge on any atom is 0.341 e. The lowest BCUT2D eigenvalue weighted by atomic mass is 10.1. The van der Waals surface area contributed by atoms with Crippen LogP contribution in [0.2, 0.25) is 0 Å². The second kappa shape index (κ2) is 11.2. The molecular formula is C25H25N3O5S3. The van der Waals surface area contributed by atoms with Gasteiger partial charge in [0.2, 0.25) is 0 Å². The molecule has 0 saturated heterocycles. The standard InChI is InChI=1S/C25H25N3O5S3/c1-33-24(30)21-19-10-6-3-7-11-20(19)35-23(21)27-25(34)26-17-12-14-18(15-13-17)36(31,32)28-22(29)16-8-4-2-5-9-16/h2,4-5,8-9,12-15H,3,6-7,10-11H2,1H3,(H,28,29)(H2,26,27,34). The number of carbonyl (C=O) groups excluding carboxylic acids is 2. The lowest BCUT2D eigenvalue weighted by Crippen LogP contribution is -2.30. The molecule has 0 unspecified atom stereocenters. The Bertz CT molecular complexity index is 1380. The van der Waals surface area contributed by atoms with Crippen LogP contribution in [-0.4, -0.2) is 32.5 Å². The number of fused-ring (bicyclic) bond motifs is 1. The van der Waals surface area contributed by atoms with E-state index in [1.54, 1.807) is 30.3 Å². The molecule has 0 saturated carbocycles. The Hall–Kier alpha value is -3.28. The summed E-state index contributed by atoms with van der Waals surface area (Å²) in [6.07, 6.45) is 4.98. The summed E-state index contributed by atoms with van der Waals surface area (Å²) in [5.41, 5.74) is 2.34. The lowest BCUT2D eigenvalue weighted by molar-refractivity contribution is 0.0601. The van der Waals surface area contributed by atoms with E-state index >= 15 is 0 Å². The fourth-order valence-corrected chi connectivity index (χ4v) is 6.50. The lowest BCUT2D eigenvalue weighted by Gasteiger charge is -2.12. The summed E-state index contributed by atoms with van der Waals surface area (Å²) >= 11 is 6.95.